The minimum absolute atomic E-state index is 0.0377. The Morgan fingerprint density at radius 1 is 0.649 bits per heavy atom. The van der Waals surface area contributed by atoms with Gasteiger partial charge in [0.25, 0.3) is 0 Å². The molecule has 0 bridgehead atoms. The molecule has 0 aliphatic carbocycles. The highest BCUT2D eigenvalue weighted by molar-refractivity contribution is 8.76. The largest absolute Gasteiger partial charge is 0.370 e. The number of guanidine groups is 2. The molecule has 1 unspecified atom stereocenters. The Kier molecular flexibility index (Phi) is 31.0. The van der Waals surface area contributed by atoms with Gasteiger partial charge in [-0.05, 0) is 74.5 Å². The first-order valence-corrected chi connectivity index (χ1v) is 28.5. The van der Waals surface area contributed by atoms with Crippen molar-refractivity contribution in [1.29, 1.82) is 0 Å². The monoisotopic (exact) mass is 1130 g/mol. The third kappa shape index (κ3) is 28.2. The number of carbonyl (C=O) groups is 10. The van der Waals surface area contributed by atoms with Crippen LogP contribution in [0.5, 0.6) is 0 Å². The highest BCUT2D eigenvalue weighted by atomic mass is 33.1. The van der Waals surface area contributed by atoms with Gasteiger partial charge in [0.05, 0.1) is 6.04 Å². The van der Waals surface area contributed by atoms with Gasteiger partial charge in [0.15, 0.2) is 11.9 Å². The molecule has 0 spiro atoms. The maximum atomic E-state index is 14.6. The third-order valence-electron chi connectivity index (χ3n) is 12.0. The average Bonchev–Trinajstić information content (AvgIpc) is 3.31. The molecule has 1 saturated heterocycles. The molecule has 1 heterocycles. The molecule has 438 valence electrons. The summed E-state index contributed by atoms with van der Waals surface area (Å²) in [4.78, 5) is 144. The van der Waals surface area contributed by atoms with Crippen molar-refractivity contribution in [2.75, 3.05) is 24.6 Å². The van der Waals surface area contributed by atoms with E-state index in [0.29, 0.717) is 12.8 Å². The molecule has 1 aliphatic heterocycles. The topological polar surface area (TPSA) is 474 Å². The first-order valence-electron chi connectivity index (χ1n) is 26.0. The van der Waals surface area contributed by atoms with E-state index in [0.717, 1.165) is 21.6 Å². The molecule has 29 heteroatoms. The van der Waals surface area contributed by atoms with E-state index in [1.807, 2.05) is 41.5 Å². The molecular formula is C48H89N17O10S2. The zero-order chi connectivity index (χ0) is 58.7. The molecular weight excluding hydrogens is 1040 g/mol. The maximum Gasteiger partial charge on any atom is 0.244 e. The molecule has 10 atom stereocenters. The summed E-state index contributed by atoms with van der Waals surface area (Å²) in [7, 11) is 2.17. The van der Waals surface area contributed by atoms with Crippen molar-refractivity contribution in [2.45, 2.75) is 181 Å². The Labute approximate surface area is 460 Å². The van der Waals surface area contributed by atoms with E-state index < -0.39 is 125 Å². The molecule has 77 heavy (non-hydrogen) atoms. The molecule has 1 rings (SSSR count). The van der Waals surface area contributed by atoms with Crippen LogP contribution in [0.1, 0.15) is 127 Å². The summed E-state index contributed by atoms with van der Waals surface area (Å²) < 4.78 is 0. The predicted molar refractivity (Wildman–Crippen MR) is 298 cm³/mol. The Hall–Kier alpha value is -6.10. The average molecular weight is 1130 g/mol. The summed E-state index contributed by atoms with van der Waals surface area (Å²) in [5, 5.41) is 21.7. The van der Waals surface area contributed by atoms with E-state index in [9.17, 15) is 47.9 Å². The van der Waals surface area contributed by atoms with Gasteiger partial charge in [-0.3, -0.25) is 57.9 Å². The number of nitrogens with zero attached hydrogens (tertiary/aromatic N) is 2. The van der Waals surface area contributed by atoms with E-state index >= 15 is 0 Å². The van der Waals surface area contributed by atoms with Gasteiger partial charge in [-0.25, -0.2) is 0 Å². The van der Waals surface area contributed by atoms with E-state index in [-0.39, 0.29) is 99.7 Å². The fourth-order valence-electron chi connectivity index (χ4n) is 7.68. The lowest BCUT2D eigenvalue weighted by molar-refractivity contribution is -0.136. The van der Waals surface area contributed by atoms with Gasteiger partial charge in [0, 0.05) is 31.0 Å². The molecule has 27 nitrogen and oxygen atoms in total. The standard InChI is InChI=1S/C48H89N17O10S2/c1-10-26(6)36-45(75)61-31(20-25(4)5)41(71)64-33(22-76-77-23-34(44(74)65-36)63-38(68)27(49)13-11-17-56-46(52)53)43(73)59-29(14-12-18-57-47(54)55)39(69)62-32(21-48(7,8)9)42(72)60-30(19-24(2)3)40(70)58-28(37(51)67)15-16-35(50)66/h24-34,36H,10-23,49H2,1-9H3,(H2,50,66)(H2,51,67)(H,58,70)(H,59,73)(H,60,72)(H,61,75)(H,62,69)(H,63,68)(H,64,71)(H,65,74)(H4,52,53,56)(H4,54,55,57)/t26-,27-,28-,29-,30-,31-,32?,33-,34+,36-/m0/s1. The van der Waals surface area contributed by atoms with Crippen LogP contribution < -0.4 is 82.7 Å². The molecule has 0 radical (unpaired) electrons. The molecule has 1 fully saturated rings. The zero-order valence-electron chi connectivity index (χ0n) is 46.2. The number of hydrogen-bond donors (Lipinski definition) is 15. The van der Waals surface area contributed by atoms with Crippen LogP contribution in [-0.4, -0.2) is 150 Å². The number of nitrogens with two attached hydrogens (primary N) is 7. The molecule has 22 N–H and O–H groups in total. The summed E-state index contributed by atoms with van der Waals surface area (Å²) in [5.74, 6) is -8.83. The van der Waals surface area contributed by atoms with Gasteiger partial charge in [0.2, 0.25) is 59.1 Å². The number of aliphatic imine (C=N–C) groups is 2. The first kappa shape index (κ1) is 68.9. The number of nitrogens with one attached hydrogen (secondary N) is 8. The summed E-state index contributed by atoms with van der Waals surface area (Å²) in [6.07, 6.45) is 0.912. The Morgan fingerprint density at radius 2 is 1.19 bits per heavy atom. The number of amides is 10. The van der Waals surface area contributed by atoms with Crippen LogP contribution >= 0.6 is 21.6 Å². The van der Waals surface area contributed by atoms with Crippen LogP contribution in [0.25, 0.3) is 0 Å². The fourth-order valence-corrected chi connectivity index (χ4v) is 10.0. The molecule has 0 saturated carbocycles. The lowest BCUT2D eigenvalue weighted by atomic mass is 9.87. The molecule has 0 aromatic carbocycles. The minimum atomic E-state index is -1.37. The van der Waals surface area contributed by atoms with Crippen molar-refractivity contribution in [3.8, 4) is 0 Å². The van der Waals surface area contributed by atoms with Crippen LogP contribution in [0.4, 0.5) is 0 Å². The van der Waals surface area contributed by atoms with Crippen LogP contribution in [0, 0.1) is 23.2 Å². The highest BCUT2D eigenvalue weighted by Crippen LogP contribution is 2.25. The van der Waals surface area contributed by atoms with Gasteiger partial charge in [0.1, 0.15) is 48.3 Å². The molecule has 0 aromatic rings. The second-order valence-corrected chi connectivity index (χ2v) is 23.9. The zero-order valence-corrected chi connectivity index (χ0v) is 47.8. The summed E-state index contributed by atoms with van der Waals surface area (Å²) >= 11 is 0. The SMILES string of the molecule is CC[C@H](C)[C@@H]1NC(=O)[C@H](NC(=O)[C@@H](N)CCCN=C(N)N)CSSC[C@@H](C(=O)N[C@@H](CCCN=C(N)N)C(=O)NC(CC(C)(C)C)C(=O)N[C@@H](CC(C)C)C(=O)N[C@@H](CCC(N)=O)C(N)=O)NC(=O)[C@H](CC(C)C)NC1=O. The van der Waals surface area contributed by atoms with Crippen molar-refractivity contribution >= 4 is 92.6 Å². The number of hydrogen-bond acceptors (Lipinski definition) is 15. The van der Waals surface area contributed by atoms with E-state index in [1.165, 1.54) is 0 Å². The predicted octanol–water partition coefficient (Wildman–Crippen LogP) is -2.98. The van der Waals surface area contributed by atoms with E-state index in [2.05, 4.69) is 52.5 Å². The Balaban J connectivity index is 3.74. The van der Waals surface area contributed by atoms with Crippen molar-refractivity contribution in [3.63, 3.8) is 0 Å². The van der Waals surface area contributed by atoms with Gasteiger partial charge in [-0.2, -0.15) is 0 Å². The Morgan fingerprint density at radius 3 is 1.73 bits per heavy atom. The van der Waals surface area contributed by atoms with Crippen molar-refractivity contribution in [3.05, 3.63) is 0 Å². The smallest absolute Gasteiger partial charge is 0.244 e. The minimum Gasteiger partial charge on any atom is -0.370 e. The summed E-state index contributed by atoms with van der Waals surface area (Å²) in [6, 6.07) is -11.1. The summed E-state index contributed by atoms with van der Waals surface area (Å²) in [6.45, 7) is 16.6. The van der Waals surface area contributed by atoms with Gasteiger partial charge >= 0.3 is 0 Å². The first-order chi connectivity index (χ1) is 35.8. The Bertz CT molecular complexity index is 2070. The van der Waals surface area contributed by atoms with Crippen LogP contribution in [0.2, 0.25) is 0 Å². The van der Waals surface area contributed by atoms with Crippen LogP contribution in [0.3, 0.4) is 0 Å². The number of primary amides is 2. The molecule has 10 amide bonds. The van der Waals surface area contributed by atoms with E-state index in [4.69, 9.17) is 40.1 Å². The van der Waals surface area contributed by atoms with E-state index in [1.54, 1.807) is 20.8 Å². The normalized spacial score (nSPS) is 19.9. The highest BCUT2D eigenvalue weighted by Gasteiger charge is 2.37. The van der Waals surface area contributed by atoms with Gasteiger partial charge in [-0.15, -0.1) is 0 Å². The maximum absolute atomic E-state index is 14.6. The van der Waals surface area contributed by atoms with Gasteiger partial charge < -0.3 is 82.7 Å². The number of rotatable bonds is 29. The second kappa shape index (κ2) is 34.6. The van der Waals surface area contributed by atoms with Crippen LogP contribution in [0.15, 0.2) is 9.98 Å². The lowest BCUT2D eigenvalue weighted by Crippen LogP contribution is -2.62. The van der Waals surface area contributed by atoms with Crippen molar-refractivity contribution in [1.82, 2.24) is 42.5 Å². The number of carbonyl (C=O) groups excluding carboxylic acids is 10. The molecule has 1 aliphatic rings. The second-order valence-electron chi connectivity index (χ2n) is 21.3. The van der Waals surface area contributed by atoms with Gasteiger partial charge in [-0.1, -0.05) is 90.3 Å². The van der Waals surface area contributed by atoms with Crippen LogP contribution in [-0.2, 0) is 47.9 Å². The van der Waals surface area contributed by atoms with Crippen molar-refractivity contribution in [2.24, 2.45) is 73.3 Å². The quantitative estimate of drug-likeness (QED) is 0.0154. The van der Waals surface area contributed by atoms with Crippen molar-refractivity contribution < 1.29 is 47.9 Å². The summed E-state index contributed by atoms with van der Waals surface area (Å²) in [5.41, 5.74) is 38.3. The lowest BCUT2D eigenvalue weighted by Gasteiger charge is -2.31. The third-order valence-corrected chi connectivity index (χ3v) is 14.4. The molecule has 0 aromatic heterocycles. The fraction of sp³-hybridized carbons (Fsp3) is 0.750.